The number of allylic oxidation sites excluding steroid dienone is 1. The zero-order valence-corrected chi connectivity index (χ0v) is 15.6. The van der Waals surface area contributed by atoms with E-state index in [-0.39, 0.29) is 6.61 Å². The Morgan fingerprint density at radius 1 is 1.25 bits per heavy atom. The van der Waals surface area contributed by atoms with E-state index in [2.05, 4.69) is 33.4 Å². The number of halogens is 2. The van der Waals surface area contributed by atoms with Gasteiger partial charge in [-0.25, -0.2) is 9.87 Å². The van der Waals surface area contributed by atoms with Crippen molar-refractivity contribution in [3.05, 3.63) is 69.1 Å². The van der Waals surface area contributed by atoms with Gasteiger partial charge in [-0.1, -0.05) is 12.2 Å². The number of hydrogen-bond acceptors (Lipinski definition) is 3. The number of rotatable bonds is 6. The van der Waals surface area contributed by atoms with Crippen molar-refractivity contribution >= 4 is 39.9 Å². The third kappa shape index (κ3) is 5.04. The summed E-state index contributed by atoms with van der Waals surface area (Å²) in [5.74, 6) is -0.864. The number of carbonyl (C=O) groups excluding carboxylic acids is 1. The average Bonchev–Trinajstić information content (AvgIpc) is 2.54. The number of anilines is 2. The van der Waals surface area contributed by atoms with Gasteiger partial charge < -0.3 is 5.32 Å². The van der Waals surface area contributed by atoms with Crippen molar-refractivity contribution in [3.63, 3.8) is 0 Å². The first-order valence-electron chi connectivity index (χ1n) is 7.37. The SMILES string of the molecule is C/C=C/CONC(=O)c1ccc(F)cc1Nc1ccc(I)cc1C. The molecule has 0 unspecified atom stereocenters. The first kappa shape index (κ1) is 18.4. The van der Waals surface area contributed by atoms with Crippen LogP contribution in [0, 0.1) is 16.3 Å². The van der Waals surface area contributed by atoms with Crippen molar-refractivity contribution in [2.24, 2.45) is 0 Å². The molecule has 6 heteroatoms. The lowest BCUT2D eigenvalue weighted by molar-refractivity contribution is 0.0421. The van der Waals surface area contributed by atoms with E-state index in [1.807, 2.05) is 38.1 Å². The van der Waals surface area contributed by atoms with Gasteiger partial charge in [0.25, 0.3) is 5.91 Å². The molecule has 2 aromatic carbocycles. The first-order valence-corrected chi connectivity index (χ1v) is 8.45. The normalized spacial score (nSPS) is 10.8. The summed E-state index contributed by atoms with van der Waals surface area (Å²) in [5.41, 5.74) is 4.84. The predicted octanol–water partition coefficient (Wildman–Crippen LogP) is 4.72. The van der Waals surface area contributed by atoms with Crippen LogP contribution in [0.1, 0.15) is 22.8 Å². The van der Waals surface area contributed by atoms with Gasteiger partial charge in [-0.15, -0.1) is 0 Å². The molecule has 0 spiro atoms. The number of benzene rings is 2. The summed E-state index contributed by atoms with van der Waals surface area (Å²) in [4.78, 5) is 17.3. The molecule has 0 saturated heterocycles. The molecule has 1 amide bonds. The van der Waals surface area contributed by atoms with E-state index < -0.39 is 11.7 Å². The van der Waals surface area contributed by atoms with Gasteiger partial charge in [0.15, 0.2) is 0 Å². The highest BCUT2D eigenvalue weighted by atomic mass is 127. The number of carbonyl (C=O) groups is 1. The van der Waals surface area contributed by atoms with Gasteiger partial charge >= 0.3 is 0 Å². The lowest BCUT2D eigenvalue weighted by atomic mass is 10.1. The van der Waals surface area contributed by atoms with Gasteiger partial charge in [-0.3, -0.25) is 9.63 Å². The Labute approximate surface area is 154 Å². The zero-order chi connectivity index (χ0) is 17.5. The molecule has 0 aromatic heterocycles. The van der Waals surface area contributed by atoms with Crippen molar-refractivity contribution < 1.29 is 14.0 Å². The monoisotopic (exact) mass is 440 g/mol. The minimum Gasteiger partial charge on any atom is -0.355 e. The predicted molar refractivity (Wildman–Crippen MR) is 102 cm³/mol. The number of hydroxylamine groups is 1. The summed E-state index contributed by atoms with van der Waals surface area (Å²) in [7, 11) is 0. The van der Waals surface area contributed by atoms with E-state index in [4.69, 9.17) is 4.84 Å². The van der Waals surface area contributed by atoms with E-state index in [0.29, 0.717) is 11.3 Å². The van der Waals surface area contributed by atoms with Crippen molar-refractivity contribution in [3.8, 4) is 0 Å². The maximum atomic E-state index is 13.6. The summed E-state index contributed by atoms with van der Waals surface area (Å²) in [6.07, 6.45) is 3.58. The van der Waals surface area contributed by atoms with Crippen molar-refractivity contribution in [1.82, 2.24) is 5.48 Å². The molecule has 0 atom stereocenters. The van der Waals surface area contributed by atoms with Gasteiger partial charge in [-0.05, 0) is 78.4 Å². The third-order valence-corrected chi connectivity index (χ3v) is 3.94. The molecule has 2 rings (SSSR count). The van der Waals surface area contributed by atoms with Gasteiger partial charge in [0.05, 0.1) is 17.9 Å². The van der Waals surface area contributed by atoms with Crippen LogP contribution in [-0.4, -0.2) is 12.5 Å². The summed E-state index contributed by atoms with van der Waals surface area (Å²) in [6.45, 7) is 4.07. The van der Waals surface area contributed by atoms with Crippen LogP contribution >= 0.6 is 22.6 Å². The molecule has 126 valence electrons. The second kappa shape index (κ2) is 8.79. The number of nitrogens with one attached hydrogen (secondary N) is 2. The Morgan fingerprint density at radius 3 is 2.75 bits per heavy atom. The smallest absolute Gasteiger partial charge is 0.276 e. The van der Waals surface area contributed by atoms with E-state index >= 15 is 0 Å². The van der Waals surface area contributed by atoms with Crippen LogP contribution in [-0.2, 0) is 4.84 Å². The largest absolute Gasteiger partial charge is 0.355 e. The summed E-state index contributed by atoms with van der Waals surface area (Å²) < 4.78 is 14.7. The lowest BCUT2D eigenvalue weighted by Crippen LogP contribution is -2.24. The molecule has 0 heterocycles. The summed E-state index contributed by atoms with van der Waals surface area (Å²) in [5, 5.41) is 3.12. The minimum atomic E-state index is -0.440. The molecule has 0 bridgehead atoms. The third-order valence-electron chi connectivity index (χ3n) is 3.26. The Morgan fingerprint density at radius 2 is 2.04 bits per heavy atom. The molecule has 24 heavy (non-hydrogen) atoms. The molecule has 0 aliphatic carbocycles. The van der Waals surface area contributed by atoms with Crippen molar-refractivity contribution in [2.45, 2.75) is 13.8 Å². The quantitative estimate of drug-likeness (QED) is 0.296. The Hall–Kier alpha value is -1.93. The molecule has 2 aromatic rings. The molecule has 0 saturated carbocycles. The zero-order valence-electron chi connectivity index (χ0n) is 13.4. The first-order chi connectivity index (χ1) is 11.5. The molecule has 4 nitrogen and oxygen atoms in total. The fraction of sp³-hybridized carbons (Fsp3) is 0.167. The molecule has 0 aliphatic heterocycles. The van der Waals surface area contributed by atoms with E-state index in [1.54, 1.807) is 6.08 Å². The molecule has 0 aliphatic rings. The van der Waals surface area contributed by atoms with Gasteiger partial charge in [0.2, 0.25) is 0 Å². The number of hydrogen-bond donors (Lipinski definition) is 2. The van der Waals surface area contributed by atoms with Crippen molar-refractivity contribution in [1.29, 1.82) is 0 Å². The second-order valence-electron chi connectivity index (χ2n) is 5.09. The highest BCUT2D eigenvalue weighted by molar-refractivity contribution is 14.1. The molecule has 0 radical (unpaired) electrons. The number of aryl methyl sites for hydroxylation is 1. The van der Waals surface area contributed by atoms with E-state index in [0.717, 1.165) is 14.8 Å². The second-order valence-corrected chi connectivity index (χ2v) is 6.33. The van der Waals surface area contributed by atoms with Crippen molar-refractivity contribution in [2.75, 3.05) is 11.9 Å². The molecular formula is C18H18FIN2O2. The Bertz CT molecular complexity index is 763. The Balaban J connectivity index is 2.22. The van der Waals surface area contributed by atoms with Gasteiger partial charge in [0.1, 0.15) is 5.82 Å². The van der Waals surface area contributed by atoms with Crippen LogP contribution < -0.4 is 10.8 Å². The fourth-order valence-electron chi connectivity index (χ4n) is 2.04. The minimum absolute atomic E-state index is 0.266. The molecule has 2 N–H and O–H groups in total. The lowest BCUT2D eigenvalue weighted by Gasteiger charge is -2.14. The fourth-order valence-corrected chi connectivity index (χ4v) is 2.68. The molecular weight excluding hydrogens is 422 g/mol. The van der Waals surface area contributed by atoms with Gasteiger partial charge in [-0.2, -0.15) is 0 Å². The van der Waals surface area contributed by atoms with Crippen LogP contribution in [0.15, 0.2) is 48.6 Å². The molecule has 0 fully saturated rings. The highest BCUT2D eigenvalue weighted by Gasteiger charge is 2.13. The average molecular weight is 440 g/mol. The highest BCUT2D eigenvalue weighted by Crippen LogP contribution is 2.25. The van der Waals surface area contributed by atoms with Crippen LogP contribution in [0.3, 0.4) is 0 Å². The summed E-state index contributed by atoms with van der Waals surface area (Å²) in [6, 6.07) is 9.79. The standard InChI is InChI=1S/C18H18FIN2O2/c1-3-4-9-24-22-18(23)15-7-5-13(19)11-17(15)21-16-8-6-14(20)10-12(16)2/h3-8,10-11,21H,9H2,1-2H3,(H,22,23)/b4-3+. The number of amides is 1. The maximum absolute atomic E-state index is 13.6. The van der Waals surface area contributed by atoms with E-state index in [1.165, 1.54) is 18.2 Å². The topological polar surface area (TPSA) is 50.4 Å². The van der Waals surface area contributed by atoms with Crippen LogP contribution in [0.25, 0.3) is 0 Å². The van der Waals surface area contributed by atoms with Crippen LogP contribution in [0.5, 0.6) is 0 Å². The summed E-state index contributed by atoms with van der Waals surface area (Å²) >= 11 is 2.22. The van der Waals surface area contributed by atoms with Gasteiger partial charge in [0, 0.05) is 9.26 Å². The van der Waals surface area contributed by atoms with Crippen LogP contribution in [0.4, 0.5) is 15.8 Å². The van der Waals surface area contributed by atoms with E-state index in [9.17, 15) is 9.18 Å². The maximum Gasteiger partial charge on any atom is 0.276 e. The van der Waals surface area contributed by atoms with Crippen LogP contribution in [0.2, 0.25) is 0 Å². The Kier molecular flexibility index (Phi) is 6.74.